The molecule has 1 aliphatic heterocycles. The Morgan fingerprint density at radius 3 is 2.93 bits per heavy atom. The van der Waals surface area contributed by atoms with Gasteiger partial charge in [0.2, 0.25) is 5.91 Å². The van der Waals surface area contributed by atoms with Crippen molar-refractivity contribution in [3.8, 4) is 0 Å². The molecule has 0 bridgehead atoms. The van der Waals surface area contributed by atoms with Gasteiger partial charge in [-0.25, -0.2) is 4.79 Å². The predicted molar refractivity (Wildman–Crippen MR) is 105 cm³/mol. The minimum Gasteiger partial charge on any atom is -0.465 e. The van der Waals surface area contributed by atoms with Crippen molar-refractivity contribution >= 4 is 28.2 Å². The molecule has 3 heterocycles. The number of aryl methyl sites for hydroxylation is 1. The Kier molecular flexibility index (Phi) is 5.06. The van der Waals surface area contributed by atoms with Crippen LogP contribution in [0.15, 0.2) is 18.3 Å². The number of aromatic nitrogens is 1. The van der Waals surface area contributed by atoms with E-state index >= 15 is 0 Å². The molecule has 4 rings (SSSR count). The third kappa shape index (κ3) is 3.41. The van der Waals surface area contributed by atoms with Crippen LogP contribution < -0.4 is 5.32 Å². The van der Waals surface area contributed by atoms with Crippen LogP contribution in [0.5, 0.6) is 0 Å². The maximum atomic E-state index is 12.7. The topological polar surface area (TPSA) is 63.6 Å². The Labute approximate surface area is 163 Å². The summed E-state index contributed by atoms with van der Waals surface area (Å²) in [5.74, 6) is -0.431. The number of ether oxygens (including phenoxy) is 1. The van der Waals surface area contributed by atoms with Gasteiger partial charge in [-0.2, -0.15) is 0 Å². The number of anilines is 1. The van der Waals surface area contributed by atoms with Gasteiger partial charge in [0.1, 0.15) is 5.00 Å². The van der Waals surface area contributed by atoms with Crippen LogP contribution in [0.4, 0.5) is 5.00 Å². The van der Waals surface area contributed by atoms with Gasteiger partial charge in [0.15, 0.2) is 0 Å². The van der Waals surface area contributed by atoms with Gasteiger partial charge in [-0.1, -0.05) is 0 Å². The van der Waals surface area contributed by atoms with Crippen LogP contribution in [0, 0.1) is 0 Å². The first-order chi connectivity index (χ1) is 13.1. The second kappa shape index (κ2) is 7.48. The molecule has 6 nitrogen and oxygen atoms in total. The normalized spacial score (nSPS) is 19.3. The average molecular weight is 388 g/mol. The largest absolute Gasteiger partial charge is 0.465 e. The molecule has 0 fully saturated rings. The first kappa shape index (κ1) is 18.3. The number of carbonyl (C=O) groups is 2. The lowest BCUT2D eigenvalue weighted by atomic mass is 9.95. The standard InChI is InChI=1S/C20H25N3O3S/c1-13-15-7-5-9-22(15)10-11-23(13)12-17(24)21-19-18(20(25)26-2)14-6-3-4-8-16(14)27-19/h5,7,9,13H,3-4,6,8,10-12H2,1-2H3,(H,21,24)/t13-/m1/s1. The van der Waals surface area contributed by atoms with Crippen LogP contribution >= 0.6 is 11.3 Å². The summed E-state index contributed by atoms with van der Waals surface area (Å²) >= 11 is 1.53. The lowest BCUT2D eigenvalue weighted by Gasteiger charge is -2.34. The summed E-state index contributed by atoms with van der Waals surface area (Å²) in [6.45, 7) is 4.17. The molecule has 1 atom stereocenters. The highest BCUT2D eigenvalue weighted by molar-refractivity contribution is 7.17. The minimum absolute atomic E-state index is 0.0781. The number of amides is 1. The predicted octanol–water partition coefficient (Wildman–Crippen LogP) is 3.23. The van der Waals surface area contributed by atoms with Gasteiger partial charge in [0, 0.05) is 35.9 Å². The fourth-order valence-electron chi connectivity index (χ4n) is 4.17. The Morgan fingerprint density at radius 2 is 2.11 bits per heavy atom. The number of carbonyl (C=O) groups excluding carboxylic acids is 2. The zero-order valence-corrected chi connectivity index (χ0v) is 16.6. The molecule has 0 radical (unpaired) electrons. The number of esters is 1. The molecule has 144 valence electrons. The number of nitrogens with zero attached hydrogens (tertiary/aromatic N) is 2. The van der Waals surface area contributed by atoms with E-state index in [9.17, 15) is 9.59 Å². The first-order valence-corrected chi connectivity index (χ1v) is 10.3. The lowest BCUT2D eigenvalue weighted by molar-refractivity contribution is -0.118. The third-order valence-electron chi connectivity index (χ3n) is 5.63. The molecular formula is C20H25N3O3S. The van der Waals surface area contributed by atoms with Crippen LogP contribution in [0.2, 0.25) is 0 Å². The molecule has 0 aromatic carbocycles. The molecule has 2 aromatic rings. The molecule has 1 amide bonds. The molecule has 0 unspecified atom stereocenters. The van der Waals surface area contributed by atoms with E-state index in [0.717, 1.165) is 44.3 Å². The first-order valence-electron chi connectivity index (χ1n) is 9.50. The molecular weight excluding hydrogens is 362 g/mol. The van der Waals surface area contributed by atoms with E-state index in [0.29, 0.717) is 17.1 Å². The maximum Gasteiger partial charge on any atom is 0.341 e. The van der Waals surface area contributed by atoms with E-state index in [-0.39, 0.29) is 17.9 Å². The number of fused-ring (bicyclic) bond motifs is 2. The van der Waals surface area contributed by atoms with Crippen molar-refractivity contribution in [3.05, 3.63) is 40.0 Å². The maximum absolute atomic E-state index is 12.7. The van der Waals surface area contributed by atoms with Gasteiger partial charge in [0.05, 0.1) is 19.2 Å². The summed E-state index contributed by atoms with van der Waals surface area (Å²) in [7, 11) is 1.39. The molecule has 0 spiro atoms. The summed E-state index contributed by atoms with van der Waals surface area (Å²) in [6, 6.07) is 4.35. The summed E-state index contributed by atoms with van der Waals surface area (Å²) in [5, 5.41) is 3.64. The van der Waals surface area contributed by atoms with Crippen LogP contribution in [-0.2, 0) is 28.9 Å². The van der Waals surface area contributed by atoms with Crippen molar-refractivity contribution < 1.29 is 14.3 Å². The van der Waals surface area contributed by atoms with Crippen LogP contribution in [0.25, 0.3) is 0 Å². The monoisotopic (exact) mass is 387 g/mol. The van der Waals surface area contributed by atoms with Gasteiger partial charge in [-0.05, 0) is 50.3 Å². The fraction of sp³-hybridized carbons (Fsp3) is 0.500. The van der Waals surface area contributed by atoms with E-state index in [4.69, 9.17) is 4.74 Å². The zero-order valence-electron chi connectivity index (χ0n) is 15.8. The number of rotatable bonds is 4. The van der Waals surface area contributed by atoms with Crippen molar-refractivity contribution in [2.45, 2.75) is 45.2 Å². The summed E-state index contributed by atoms with van der Waals surface area (Å²) in [4.78, 5) is 28.5. The van der Waals surface area contributed by atoms with Crippen molar-refractivity contribution in [1.29, 1.82) is 0 Å². The highest BCUT2D eigenvalue weighted by Crippen LogP contribution is 2.38. The molecule has 2 aliphatic rings. The Bertz CT molecular complexity index is 870. The van der Waals surface area contributed by atoms with Gasteiger partial charge in [0.25, 0.3) is 0 Å². The van der Waals surface area contributed by atoms with E-state index in [1.54, 1.807) is 0 Å². The second-order valence-electron chi connectivity index (χ2n) is 7.23. The molecule has 7 heteroatoms. The van der Waals surface area contributed by atoms with Crippen molar-refractivity contribution in [2.75, 3.05) is 25.5 Å². The number of methoxy groups -OCH3 is 1. The third-order valence-corrected chi connectivity index (χ3v) is 6.84. The second-order valence-corrected chi connectivity index (χ2v) is 8.33. The highest BCUT2D eigenvalue weighted by atomic mass is 32.1. The quantitative estimate of drug-likeness (QED) is 0.818. The van der Waals surface area contributed by atoms with Gasteiger partial charge < -0.3 is 14.6 Å². The summed E-state index contributed by atoms with van der Waals surface area (Å²) in [6.07, 6.45) is 6.15. The number of nitrogens with one attached hydrogen (secondary N) is 1. The van der Waals surface area contributed by atoms with E-state index in [2.05, 4.69) is 34.0 Å². The number of thiophene rings is 1. The minimum atomic E-state index is -0.353. The Hall–Kier alpha value is -2.12. The summed E-state index contributed by atoms with van der Waals surface area (Å²) in [5.41, 5.74) is 2.86. The molecule has 1 N–H and O–H groups in total. The van der Waals surface area contributed by atoms with Crippen molar-refractivity contribution in [3.63, 3.8) is 0 Å². The van der Waals surface area contributed by atoms with E-state index < -0.39 is 0 Å². The highest BCUT2D eigenvalue weighted by Gasteiger charge is 2.29. The van der Waals surface area contributed by atoms with Crippen molar-refractivity contribution in [2.24, 2.45) is 0 Å². The molecule has 0 saturated carbocycles. The molecule has 2 aromatic heterocycles. The Balaban J connectivity index is 1.50. The zero-order chi connectivity index (χ0) is 19.0. The van der Waals surface area contributed by atoms with Crippen molar-refractivity contribution in [1.82, 2.24) is 9.47 Å². The molecule has 27 heavy (non-hydrogen) atoms. The average Bonchev–Trinajstić information content (AvgIpc) is 3.28. The van der Waals surface area contributed by atoms with E-state index in [1.165, 1.54) is 29.0 Å². The van der Waals surface area contributed by atoms with Crippen LogP contribution in [-0.4, -0.2) is 41.5 Å². The number of hydrogen-bond acceptors (Lipinski definition) is 5. The smallest absolute Gasteiger partial charge is 0.341 e. The Morgan fingerprint density at radius 1 is 1.30 bits per heavy atom. The van der Waals surface area contributed by atoms with Crippen LogP contribution in [0.1, 0.15) is 52.3 Å². The summed E-state index contributed by atoms with van der Waals surface area (Å²) < 4.78 is 7.22. The van der Waals surface area contributed by atoms with Gasteiger partial charge >= 0.3 is 5.97 Å². The molecule has 1 aliphatic carbocycles. The van der Waals surface area contributed by atoms with Crippen LogP contribution in [0.3, 0.4) is 0 Å². The SMILES string of the molecule is COC(=O)c1c(NC(=O)CN2CCn3cccc3[C@H]2C)sc2c1CCCC2. The fourth-order valence-corrected chi connectivity index (χ4v) is 5.46. The number of hydrogen-bond donors (Lipinski definition) is 1. The molecule has 0 saturated heterocycles. The van der Waals surface area contributed by atoms with Gasteiger partial charge in [-0.15, -0.1) is 11.3 Å². The lowest BCUT2D eigenvalue weighted by Crippen LogP contribution is -2.41. The van der Waals surface area contributed by atoms with Gasteiger partial charge in [-0.3, -0.25) is 9.69 Å². The van der Waals surface area contributed by atoms with E-state index in [1.807, 2.05) is 6.07 Å².